The van der Waals surface area contributed by atoms with Crippen LogP contribution in [0.15, 0.2) is 4.79 Å². The maximum absolute atomic E-state index is 10.8. The molecule has 1 heterocycles. The van der Waals surface area contributed by atoms with Gasteiger partial charge in [-0.2, -0.15) is 0 Å². The molecule has 0 aliphatic heterocycles. The molecule has 1 N–H and O–H groups in total. The second kappa shape index (κ2) is 2.77. The van der Waals surface area contributed by atoms with Crippen LogP contribution >= 0.6 is 0 Å². The molecule has 0 bridgehead atoms. The lowest BCUT2D eigenvalue weighted by Gasteiger charge is -2.05. The largest absolute Gasteiger partial charge is 0.461 e. The Morgan fingerprint density at radius 3 is 2.64 bits per heavy atom. The van der Waals surface area contributed by atoms with Crippen LogP contribution < -0.4 is 10.4 Å². The van der Waals surface area contributed by atoms with Crippen molar-refractivity contribution in [3.05, 3.63) is 10.5 Å². The topological polar surface area (TPSA) is 59.9 Å². The summed E-state index contributed by atoms with van der Waals surface area (Å²) in [5.41, 5.74) is -0.263. The molecule has 0 aromatic carbocycles. The number of ether oxygens (including phenoxy) is 1. The van der Waals surface area contributed by atoms with Gasteiger partial charge < -0.3 is 4.74 Å². The van der Waals surface area contributed by atoms with Crippen molar-refractivity contribution in [3.8, 4) is 6.01 Å². The third-order valence-corrected chi connectivity index (χ3v) is 1.18. The summed E-state index contributed by atoms with van der Waals surface area (Å²) >= 11 is 0. The molecule has 0 atom stereocenters. The van der Waals surface area contributed by atoms with Crippen molar-refractivity contribution in [2.24, 2.45) is 7.05 Å². The Morgan fingerprint density at radius 1 is 1.64 bits per heavy atom. The Bertz CT molecular complexity index is 286. The average molecular weight is 157 g/mol. The highest BCUT2D eigenvalue weighted by molar-refractivity contribution is 4.91. The first-order valence-corrected chi connectivity index (χ1v) is 3.39. The summed E-state index contributed by atoms with van der Waals surface area (Å²) in [7, 11) is 1.60. The molecular weight excluding hydrogens is 146 g/mol. The summed E-state index contributed by atoms with van der Waals surface area (Å²) in [6.45, 7) is 3.75. The van der Waals surface area contributed by atoms with Gasteiger partial charge >= 0.3 is 11.7 Å². The molecule has 0 fully saturated rings. The van der Waals surface area contributed by atoms with E-state index in [0.717, 1.165) is 0 Å². The van der Waals surface area contributed by atoms with Gasteiger partial charge in [-0.3, -0.25) is 0 Å². The van der Waals surface area contributed by atoms with E-state index in [1.807, 2.05) is 13.8 Å². The predicted molar refractivity (Wildman–Crippen MR) is 39.6 cm³/mol. The zero-order chi connectivity index (χ0) is 8.43. The van der Waals surface area contributed by atoms with E-state index in [1.54, 1.807) is 7.05 Å². The number of rotatable bonds is 2. The molecule has 11 heavy (non-hydrogen) atoms. The normalized spacial score (nSPS) is 10.5. The van der Waals surface area contributed by atoms with Crippen LogP contribution in [0.2, 0.25) is 0 Å². The summed E-state index contributed by atoms with van der Waals surface area (Å²) in [5, 5.41) is 5.93. The molecule has 1 aromatic rings. The number of H-pyrrole nitrogens is 1. The van der Waals surface area contributed by atoms with Crippen LogP contribution in [0.5, 0.6) is 6.01 Å². The van der Waals surface area contributed by atoms with Crippen molar-refractivity contribution >= 4 is 0 Å². The van der Waals surface area contributed by atoms with Crippen molar-refractivity contribution in [1.82, 2.24) is 14.8 Å². The van der Waals surface area contributed by atoms with E-state index >= 15 is 0 Å². The number of nitrogens with one attached hydrogen (secondary N) is 1. The lowest BCUT2D eigenvalue weighted by molar-refractivity contribution is 0.214. The Hall–Kier alpha value is -1.26. The van der Waals surface area contributed by atoms with Gasteiger partial charge in [-0.25, -0.2) is 14.5 Å². The van der Waals surface area contributed by atoms with Gasteiger partial charge in [0, 0.05) is 7.05 Å². The summed E-state index contributed by atoms with van der Waals surface area (Å²) in [6.07, 6.45) is 0.0314. The molecule has 1 aromatic heterocycles. The highest BCUT2D eigenvalue weighted by Gasteiger charge is 2.05. The van der Waals surface area contributed by atoms with Crippen molar-refractivity contribution < 1.29 is 4.74 Å². The first-order valence-electron chi connectivity index (χ1n) is 3.39. The Morgan fingerprint density at radius 2 is 2.27 bits per heavy atom. The SMILES string of the molecule is CC(C)Oc1n[nH]c(=O)n1C. The van der Waals surface area contributed by atoms with E-state index in [9.17, 15) is 4.79 Å². The molecule has 0 radical (unpaired) electrons. The summed E-state index contributed by atoms with van der Waals surface area (Å²) in [6, 6.07) is 0.324. The average Bonchev–Trinajstić information content (AvgIpc) is 2.18. The standard InChI is InChI=1S/C6H11N3O2/c1-4(2)11-6-8-7-5(10)9(6)3/h4H,1-3H3,(H,7,10). The van der Waals surface area contributed by atoms with Crippen molar-refractivity contribution in [2.75, 3.05) is 0 Å². The Kier molecular flexibility index (Phi) is 1.98. The minimum absolute atomic E-state index is 0.0314. The van der Waals surface area contributed by atoms with E-state index in [1.165, 1.54) is 4.57 Å². The fourth-order valence-electron chi connectivity index (χ4n) is 0.649. The van der Waals surface area contributed by atoms with Crippen LogP contribution in [0.1, 0.15) is 13.8 Å². The number of hydrogen-bond acceptors (Lipinski definition) is 3. The van der Waals surface area contributed by atoms with E-state index in [0.29, 0.717) is 6.01 Å². The van der Waals surface area contributed by atoms with Crippen LogP contribution in [0.25, 0.3) is 0 Å². The minimum Gasteiger partial charge on any atom is -0.461 e. The quantitative estimate of drug-likeness (QED) is 0.651. The van der Waals surface area contributed by atoms with Gasteiger partial charge in [-0.1, -0.05) is 0 Å². The highest BCUT2D eigenvalue weighted by Crippen LogP contribution is 2.01. The molecule has 5 heteroatoms. The Labute approximate surface area is 64.0 Å². The molecule has 0 aliphatic carbocycles. The molecule has 5 nitrogen and oxygen atoms in total. The van der Waals surface area contributed by atoms with Crippen molar-refractivity contribution in [1.29, 1.82) is 0 Å². The van der Waals surface area contributed by atoms with Gasteiger partial charge in [0.2, 0.25) is 0 Å². The third kappa shape index (κ3) is 1.60. The molecule has 0 aliphatic rings. The number of aromatic amines is 1. The molecule has 0 spiro atoms. The molecule has 0 saturated heterocycles. The third-order valence-electron chi connectivity index (χ3n) is 1.18. The van der Waals surface area contributed by atoms with E-state index in [4.69, 9.17) is 4.74 Å². The monoisotopic (exact) mass is 157 g/mol. The zero-order valence-corrected chi connectivity index (χ0v) is 6.79. The second-order valence-corrected chi connectivity index (χ2v) is 2.54. The van der Waals surface area contributed by atoms with Gasteiger partial charge in [0.15, 0.2) is 0 Å². The first-order chi connectivity index (χ1) is 5.11. The fourth-order valence-corrected chi connectivity index (χ4v) is 0.649. The highest BCUT2D eigenvalue weighted by atomic mass is 16.5. The van der Waals surface area contributed by atoms with Crippen molar-refractivity contribution in [3.63, 3.8) is 0 Å². The van der Waals surface area contributed by atoms with E-state index in [2.05, 4.69) is 10.2 Å². The van der Waals surface area contributed by atoms with Crippen LogP contribution in [0.3, 0.4) is 0 Å². The van der Waals surface area contributed by atoms with Gasteiger partial charge in [0.1, 0.15) is 0 Å². The fraction of sp³-hybridized carbons (Fsp3) is 0.667. The number of aromatic nitrogens is 3. The Balaban J connectivity index is 2.87. The number of hydrogen-bond donors (Lipinski definition) is 1. The first kappa shape index (κ1) is 7.84. The lowest BCUT2D eigenvalue weighted by atomic mass is 10.5. The smallest absolute Gasteiger partial charge is 0.345 e. The van der Waals surface area contributed by atoms with Crippen molar-refractivity contribution in [2.45, 2.75) is 20.0 Å². The van der Waals surface area contributed by atoms with Crippen LogP contribution in [-0.2, 0) is 7.05 Å². The van der Waals surface area contributed by atoms with Gasteiger partial charge in [0.25, 0.3) is 0 Å². The maximum Gasteiger partial charge on any atom is 0.345 e. The van der Waals surface area contributed by atoms with E-state index in [-0.39, 0.29) is 11.8 Å². The summed E-state index contributed by atoms with van der Waals surface area (Å²) < 4.78 is 6.51. The predicted octanol–water partition coefficient (Wildman–Crippen LogP) is -0.104. The van der Waals surface area contributed by atoms with Crippen LogP contribution in [0.4, 0.5) is 0 Å². The van der Waals surface area contributed by atoms with Gasteiger partial charge in [0.05, 0.1) is 6.10 Å². The molecular formula is C6H11N3O2. The number of nitrogens with zero attached hydrogens (tertiary/aromatic N) is 2. The molecule has 0 saturated carbocycles. The van der Waals surface area contributed by atoms with Gasteiger partial charge in [-0.05, 0) is 13.8 Å². The molecule has 0 unspecified atom stereocenters. The maximum atomic E-state index is 10.8. The molecule has 0 amide bonds. The van der Waals surface area contributed by atoms with Crippen LogP contribution in [0, 0.1) is 0 Å². The summed E-state index contributed by atoms with van der Waals surface area (Å²) in [5.74, 6) is 0. The molecule has 1 rings (SSSR count). The van der Waals surface area contributed by atoms with E-state index < -0.39 is 0 Å². The molecule has 62 valence electrons. The van der Waals surface area contributed by atoms with Crippen LogP contribution in [-0.4, -0.2) is 20.9 Å². The van der Waals surface area contributed by atoms with Gasteiger partial charge in [-0.15, -0.1) is 5.10 Å². The summed E-state index contributed by atoms with van der Waals surface area (Å²) in [4.78, 5) is 10.8. The lowest BCUT2D eigenvalue weighted by Crippen LogP contribution is -2.16. The second-order valence-electron chi connectivity index (χ2n) is 2.54. The zero-order valence-electron chi connectivity index (χ0n) is 6.79. The minimum atomic E-state index is -0.263.